The average molecular weight is 356 g/mol. The van der Waals surface area contributed by atoms with Gasteiger partial charge in [-0.1, -0.05) is 36.4 Å². The first-order valence-electron chi connectivity index (χ1n) is 7.83. The molecule has 0 spiro atoms. The summed E-state index contributed by atoms with van der Waals surface area (Å²) < 4.78 is 28.6. The van der Waals surface area contributed by atoms with Crippen molar-refractivity contribution in [1.29, 1.82) is 0 Å². The lowest BCUT2D eigenvalue weighted by Crippen LogP contribution is -2.19. The van der Waals surface area contributed by atoms with E-state index in [1.165, 1.54) is 0 Å². The van der Waals surface area contributed by atoms with Gasteiger partial charge in [-0.3, -0.25) is 4.72 Å². The van der Waals surface area contributed by atoms with E-state index in [-0.39, 0.29) is 4.90 Å². The standard InChI is InChI=1S/C18H20N4O2S/c1-12-17(13(2)20-18(19-12)22(3)4)21-25(23,24)16-11-7-9-14-8-5-6-10-15(14)16/h5-11,21H,1-4H3. The Bertz CT molecular complexity index is 1020. The fourth-order valence-electron chi connectivity index (χ4n) is 2.67. The first-order valence-corrected chi connectivity index (χ1v) is 9.31. The molecule has 0 aliphatic carbocycles. The minimum Gasteiger partial charge on any atom is -0.347 e. The van der Waals surface area contributed by atoms with Crippen LogP contribution in [0.25, 0.3) is 10.8 Å². The number of nitrogens with one attached hydrogen (secondary N) is 1. The van der Waals surface area contributed by atoms with Crippen LogP contribution in [0.5, 0.6) is 0 Å². The van der Waals surface area contributed by atoms with Gasteiger partial charge in [0.2, 0.25) is 5.95 Å². The number of rotatable bonds is 4. The number of hydrogen-bond acceptors (Lipinski definition) is 5. The van der Waals surface area contributed by atoms with E-state index >= 15 is 0 Å². The van der Waals surface area contributed by atoms with Gasteiger partial charge in [0.15, 0.2) is 0 Å². The zero-order valence-electron chi connectivity index (χ0n) is 14.6. The second kappa shape index (κ2) is 6.33. The Morgan fingerprint density at radius 1 is 0.920 bits per heavy atom. The molecule has 0 saturated heterocycles. The van der Waals surface area contributed by atoms with Crippen molar-refractivity contribution in [2.24, 2.45) is 0 Å². The molecule has 130 valence electrons. The van der Waals surface area contributed by atoms with E-state index in [1.54, 1.807) is 36.9 Å². The van der Waals surface area contributed by atoms with E-state index in [9.17, 15) is 8.42 Å². The molecule has 0 bridgehead atoms. The highest BCUT2D eigenvalue weighted by molar-refractivity contribution is 7.93. The fourth-order valence-corrected chi connectivity index (χ4v) is 4.07. The molecule has 0 unspecified atom stereocenters. The average Bonchev–Trinajstić information content (AvgIpc) is 2.57. The molecular weight excluding hydrogens is 336 g/mol. The molecule has 3 rings (SSSR count). The van der Waals surface area contributed by atoms with Gasteiger partial charge in [0, 0.05) is 19.5 Å². The highest BCUT2D eigenvalue weighted by atomic mass is 32.2. The van der Waals surface area contributed by atoms with Crippen molar-refractivity contribution >= 4 is 32.4 Å². The Hall–Kier alpha value is -2.67. The first kappa shape index (κ1) is 17.2. The number of anilines is 2. The molecule has 0 saturated carbocycles. The van der Waals surface area contributed by atoms with Crippen LogP contribution in [-0.2, 0) is 10.0 Å². The molecule has 1 N–H and O–H groups in total. The molecule has 0 amide bonds. The molecule has 2 aromatic carbocycles. The van der Waals surface area contributed by atoms with E-state index in [2.05, 4.69) is 14.7 Å². The van der Waals surface area contributed by atoms with Crippen molar-refractivity contribution in [2.75, 3.05) is 23.7 Å². The number of aryl methyl sites for hydroxylation is 2. The van der Waals surface area contributed by atoms with Gasteiger partial charge in [0.1, 0.15) is 0 Å². The summed E-state index contributed by atoms with van der Waals surface area (Å²) in [5, 5.41) is 1.55. The Balaban J connectivity index is 2.08. The van der Waals surface area contributed by atoms with Crippen LogP contribution in [0.2, 0.25) is 0 Å². The lowest BCUT2D eigenvalue weighted by molar-refractivity contribution is 0.602. The van der Waals surface area contributed by atoms with Gasteiger partial charge in [-0.2, -0.15) is 0 Å². The summed E-state index contributed by atoms with van der Waals surface area (Å²) in [5.74, 6) is 0.545. The van der Waals surface area contributed by atoms with Crippen LogP contribution in [0.3, 0.4) is 0 Å². The van der Waals surface area contributed by atoms with Crippen LogP contribution in [0, 0.1) is 13.8 Å². The first-order chi connectivity index (χ1) is 11.8. The van der Waals surface area contributed by atoms with E-state index in [4.69, 9.17) is 0 Å². The summed E-state index contributed by atoms with van der Waals surface area (Å²) in [7, 11) is -0.0788. The van der Waals surface area contributed by atoms with Gasteiger partial charge in [0.25, 0.3) is 10.0 Å². The number of fused-ring (bicyclic) bond motifs is 1. The lowest BCUT2D eigenvalue weighted by Gasteiger charge is -2.17. The van der Waals surface area contributed by atoms with Crippen LogP contribution in [0.15, 0.2) is 47.4 Å². The SMILES string of the molecule is Cc1nc(N(C)C)nc(C)c1NS(=O)(=O)c1cccc2ccccc12. The minimum absolute atomic E-state index is 0.237. The predicted molar refractivity (Wildman–Crippen MR) is 101 cm³/mol. The Morgan fingerprint density at radius 3 is 2.16 bits per heavy atom. The third kappa shape index (κ3) is 3.28. The molecular formula is C18H20N4O2S. The minimum atomic E-state index is -3.76. The van der Waals surface area contributed by atoms with E-state index in [1.807, 2.05) is 38.4 Å². The van der Waals surface area contributed by atoms with E-state index < -0.39 is 10.0 Å². The van der Waals surface area contributed by atoms with Crippen molar-refractivity contribution in [1.82, 2.24) is 9.97 Å². The van der Waals surface area contributed by atoms with Crippen LogP contribution < -0.4 is 9.62 Å². The Kier molecular flexibility index (Phi) is 4.34. The quantitative estimate of drug-likeness (QED) is 0.777. The second-order valence-corrected chi connectivity index (χ2v) is 7.70. The summed E-state index contributed by atoms with van der Waals surface area (Å²) in [6, 6.07) is 12.6. The van der Waals surface area contributed by atoms with Gasteiger partial charge >= 0.3 is 0 Å². The van der Waals surface area contributed by atoms with Crippen molar-refractivity contribution in [3.63, 3.8) is 0 Å². The molecule has 0 atom stereocenters. The largest absolute Gasteiger partial charge is 0.347 e. The number of nitrogens with zero attached hydrogens (tertiary/aromatic N) is 3. The molecule has 0 fully saturated rings. The van der Waals surface area contributed by atoms with E-state index in [0.29, 0.717) is 28.4 Å². The molecule has 7 heteroatoms. The summed E-state index contributed by atoms with van der Waals surface area (Å²) in [5.41, 5.74) is 1.58. The number of benzene rings is 2. The van der Waals surface area contributed by atoms with Crippen molar-refractivity contribution in [3.8, 4) is 0 Å². The maximum absolute atomic E-state index is 13.0. The molecule has 0 aliphatic rings. The fraction of sp³-hybridized carbons (Fsp3) is 0.222. The predicted octanol–water partition coefficient (Wildman–Crippen LogP) is 3.11. The highest BCUT2D eigenvalue weighted by Crippen LogP contribution is 2.27. The third-order valence-electron chi connectivity index (χ3n) is 3.93. The Morgan fingerprint density at radius 2 is 1.52 bits per heavy atom. The van der Waals surface area contributed by atoms with Crippen LogP contribution in [0.4, 0.5) is 11.6 Å². The van der Waals surface area contributed by atoms with Gasteiger partial charge in [-0.25, -0.2) is 18.4 Å². The molecule has 6 nitrogen and oxygen atoms in total. The van der Waals surface area contributed by atoms with Crippen LogP contribution in [0.1, 0.15) is 11.4 Å². The maximum atomic E-state index is 13.0. The smallest absolute Gasteiger partial charge is 0.262 e. The van der Waals surface area contributed by atoms with Crippen molar-refractivity contribution in [3.05, 3.63) is 53.9 Å². The molecule has 3 aromatic rings. The summed E-state index contributed by atoms with van der Waals surface area (Å²) >= 11 is 0. The highest BCUT2D eigenvalue weighted by Gasteiger charge is 2.20. The lowest BCUT2D eigenvalue weighted by atomic mass is 10.1. The third-order valence-corrected chi connectivity index (χ3v) is 5.34. The van der Waals surface area contributed by atoms with Crippen LogP contribution in [-0.4, -0.2) is 32.5 Å². The molecule has 1 aromatic heterocycles. The summed E-state index contributed by atoms with van der Waals surface area (Å²) in [6.07, 6.45) is 0. The van der Waals surface area contributed by atoms with Gasteiger partial charge in [-0.05, 0) is 25.3 Å². The zero-order valence-corrected chi connectivity index (χ0v) is 15.4. The maximum Gasteiger partial charge on any atom is 0.262 e. The summed E-state index contributed by atoms with van der Waals surface area (Å²) in [6.45, 7) is 3.53. The van der Waals surface area contributed by atoms with Gasteiger partial charge in [0.05, 0.1) is 22.0 Å². The number of aromatic nitrogens is 2. The van der Waals surface area contributed by atoms with Crippen molar-refractivity contribution < 1.29 is 8.42 Å². The molecule has 1 heterocycles. The zero-order chi connectivity index (χ0) is 18.2. The normalized spacial score (nSPS) is 11.5. The monoisotopic (exact) mass is 356 g/mol. The van der Waals surface area contributed by atoms with Crippen molar-refractivity contribution in [2.45, 2.75) is 18.7 Å². The Labute approximate surface area is 147 Å². The number of hydrogen-bond donors (Lipinski definition) is 1. The summed E-state index contributed by atoms with van der Waals surface area (Å²) in [4.78, 5) is 10.7. The number of sulfonamides is 1. The second-order valence-electron chi connectivity index (χ2n) is 6.05. The van der Waals surface area contributed by atoms with Gasteiger partial charge in [-0.15, -0.1) is 0 Å². The van der Waals surface area contributed by atoms with Gasteiger partial charge < -0.3 is 4.90 Å². The molecule has 0 aliphatic heterocycles. The van der Waals surface area contributed by atoms with E-state index in [0.717, 1.165) is 5.39 Å². The van der Waals surface area contributed by atoms with Crippen LogP contribution >= 0.6 is 0 Å². The molecule has 0 radical (unpaired) electrons. The molecule has 25 heavy (non-hydrogen) atoms. The topological polar surface area (TPSA) is 75.2 Å².